The minimum Gasteiger partial charge on any atom is -0.308 e. The van der Waals surface area contributed by atoms with Crippen LogP contribution in [0.3, 0.4) is 0 Å². The van der Waals surface area contributed by atoms with Gasteiger partial charge in [-0.2, -0.15) is 13.2 Å². The van der Waals surface area contributed by atoms with E-state index in [1.165, 1.54) is 12.1 Å². The number of anilines is 1. The van der Waals surface area contributed by atoms with Crippen LogP contribution in [-0.4, -0.2) is 9.97 Å². The van der Waals surface area contributed by atoms with Gasteiger partial charge in [0.05, 0.1) is 5.56 Å². The summed E-state index contributed by atoms with van der Waals surface area (Å²) in [5.74, 6) is 6.61. The first-order valence-electron chi connectivity index (χ1n) is 6.50. The molecule has 110 valence electrons. The van der Waals surface area contributed by atoms with Gasteiger partial charge in [0.25, 0.3) is 0 Å². The van der Waals surface area contributed by atoms with Gasteiger partial charge in [0.15, 0.2) is 5.82 Å². The average Bonchev–Trinajstić information content (AvgIpc) is 3.30. The summed E-state index contributed by atoms with van der Waals surface area (Å²) in [6, 6.07) is 6.56. The van der Waals surface area contributed by atoms with Gasteiger partial charge < -0.3 is 5.43 Å². The van der Waals surface area contributed by atoms with Crippen molar-refractivity contribution in [2.24, 2.45) is 5.84 Å². The van der Waals surface area contributed by atoms with E-state index < -0.39 is 11.7 Å². The van der Waals surface area contributed by atoms with Crippen LogP contribution in [0.1, 0.15) is 30.0 Å². The smallest absolute Gasteiger partial charge is 0.308 e. The van der Waals surface area contributed by atoms with E-state index in [0.29, 0.717) is 23.1 Å². The highest BCUT2D eigenvalue weighted by Gasteiger charge is 2.30. The number of rotatable bonds is 3. The van der Waals surface area contributed by atoms with E-state index in [1.807, 2.05) is 0 Å². The predicted octanol–water partition coefficient (Wildman–Crippen LogP) is 3.33. The van der Waals surface area contributed by atoms with Crippen LogP contribution in [0, 0.1) is 0 Å². The number of nitrogens with zero attached hydrogens (tertiary/aromatic N) is 2. The number of alkyl halides is 3. The van der Waals surface area contributed by atoms with Crippen LogP contribution in [0.15, 0.2) is 30.3 Å². The molecule has 3 N–H and O–H groups in total. The monoisotopic (exact) mass is 294 g/mol. The standard InChI is InChI=1S/C14H13F3N4/c15-14(16,17)10-5-3-9(4-6-10)13-19-11(8-1-2-8)7-12(20-13)21-18/h3-8H,1-2,18H2,(H,19,20,21). The molecule has 1 heterocycles. The van der Waals surface area contributed by atoms with Crippen molar-refractivity contribution in [1.29, 1.82) is 0 Å². The van der Waals surface area contributed by atoms with E-state index in [1.54, 1.807) is 6.07 Å². The minimum atomic E-state index is -4.35. The number of aromatic nitrogens is 2. The summed E-state index contributed by atoms with van der Waals surface area (Å²) in [5.41, 5.74) is 3.17. The van der Waals surface area contributed by atoms with Crippen molar-refractivity contribution in [1.82, 2.24) is 9.97 Å². The van der Waals surface area contributed by atoms with E-state index in [4.69, 9.17) is 5.84 Å². The minimum absolute atomic E-state index is 0.376. The van der Waals surface area contributed by atoms with Crippen LogP contribution in [0.5, 0.6) is 0 Å². The molecule has 0 amide bonds. The third kappa shape index (κ3) is 2.97. The van der Waals surface area contributed by atoms with Crippen molar-refractivity contribution in [3.05, 3.63) is 41.6 Å². The van der Waals surface area contributed by atoms with Crippen molar-refractivity contribution in [2.75, 3.05) is 5.43 Å². The molecule has 1 aliphatic carbocycles. The molecule has 0 unspecified atom stereocenters. The molecule has 0 atom stereocenters. The number of benzene rings is 1. The van der Waals surface area contributed by atoms with Crippen LogP contribution in [0.4, 0.5) is 19.0 Å². The fourth-order valence-corrected chi connectivity index (χ4v) is 2.07. The van der Waals surface area contributed by atoms with Crippen LogP contribution < -0.4 is 11.3 Å². The summed E-state index contributed by atoms with van der Waals surface area (Å²) < 4.78 is 37.7. The first-order valence-corrected chi connectivity index (χ1v) is 6.50. The van der Waals surface area contributed by atoms with E-state index in [-0.39, 0.29) is 0 Å². The third-order valence-corrected chi connectivity index (χ3v) is 3.36. The highest BCUT2D eigenvalue weighted by Crippen LogP contribution is 2.40. The molecule has 21 heavy (non-hydrogen) atoms. The summed E-state index contributed by atoms with van der Waals surface area (Å²) >= 11 is 0. The third-order valence-electron chi connectivity index (χ3n) is 3.36. The maximum Gasteiger partial charge on any atom is 0.416 e. The van der Waals surface area contributed by atoms with Crippen molar-refractivity contribution in [2.45, 2.75) is 24.9 Å². The molecule has 1 aromatic carbocycles. The zero-order valence-electron chi connectivity index (χ0n) is 11.0. The number of nitrogen functional groups attached to an aromatic ring is 1. The fourth-order valence-electron chi connectivity index (χ4n) is 2.07. The molecular formula is C14H13F3N4. The molecule has 3 rings (SSSR count). The molecule has 0 aliphatic heterocycles. The normalized spacial score (nSPS) is 15.0. The second-order valence-electron chi connectivity index (χ2n) is 5.00. The molecule has 0 radical (unpaired) electrons. The van der Waals surface area contributed by atoms with Crippen molar-refractivity contribution in [3.8, 4) is 11.4 Å². The van der Waals surface area contributed by atoms with E-state index in [0.717, 1.165) is 30.7 Å². The summed E-state index contributed by atoms with van der Waals surface area (Å²) in [4.78, 5) is 8.61. The Bertz CT molecular complexity index is 648. The Balaban J connectivity index is 1.97. The Morgan fingerprint density at radius 2 is 1.76 bits per heavy atom. The molecule has 4 nitrogen and oxygen atoms in total. The highest BCUT2D eigenvalue weighted by atomic mass is 19.4. The summed E-state index contributed by atoms with van der Waals surface area (Å²) in [6.45, 7) is 0. The SMILES string of the molecule is NNc1cc(C2CC2)nc(-c2ccc(C(F)(F)F)cc2)n1. The van der Waals surface area contributed by atoms with Crippen molar-refractivity contribution < 1.29 is 13.2 Å². The van der Waals surface area contributed by atoms with E-state index in [2.05, 4.69) is 15.4 Å². The lowest BCUT2D eigenvalue weighted by Crippen LogP contribution is -2.10. The van der Waals surface area contributed by atoms with Gasteiger partial charge in [-0.05, 0) is 25.0 Å². The fraction of sp³-hybridized carbons (Fsp3) is 0.286. The van der Waals surface area contributed by atoms with Gasteiger partial charge in [-0.15, -0.1) is 0 Å². The Morgan fingerprint density at radius 1 is 1.10 bits per heavy atom. The second kappa shape index (κ2) is 5.00. The Morgan fingerprint density at radius 3 is 2.29 bits per heavy atom. The molecule has 1 aliphatic rings. The Labute approximate surface area is 119 Å². The van der Waals surface area contributed by atoms with Crippen LogP contribution in [-0.2, 0) is 6.18 Å². The lowest BCUT2D eigenvalue weighted by Gasteiger charge is -2.09. The zero-order chi connectivity index (χ0) is 15.0. The Kier molecular flexibility index (Phi) is 3.29. The molecule has 0 bridgehead atoms. The zero-order valence-corrected chi connectivity index (χ0v) is 11.0. The van der Waals surface area contributed by atoms with Gasteiger partial charge in [0, 0.05) is 23.2 Å². The van der Waals surface area contributed by atoms with Gasteiger partial charge in [-0.3, -0.25) is 0 Å². The average molecular weight is 294 g/mol. The van der Waals surface area contributed by atoms with Gasteiger partial charge in [-0.1, -0.05) is 12.1 Å². The topological polar surface area (TPSA) is 63.8 Å². The maximum absolute atomic E-state index is 12.6. The van der Waals surface area contributed by atoms with Crippen LogP contribution in [0.25, 0.3) is 11.4 Å². The summed E-state index contributed by atoms with van der Waals surface area (Å²) in [7, 11) is 0. The van der Waals surface area contributed by atoms with Gasteiger partial charge in [-0.25, -0.2) is 15.8 Å². The van der Waals surface area contributed by atoms with Gasteiger partial charge in [0.1, 0.15) is 5.82 Å². The van der Waals surface area contributed by atoms with Crippen molar-refractivity contribution in [3.63, 3.8) is 0 Å². The molecule has 0 spiro atoms. The molecule has 7 heteroatoms. The number of hydrogen-bond donors (Lipinski definition) is 2. The number of hydrogen-bond acceptors (Lipinski definition) is 4. The summed E-state index contributed by atoms with van der Waals surface area (Å²) in [5, 5.41) is 0. The summed E-state index contributed by atoms with van der Waals surface area (Å²) in [6.07, 6.45) is -2.22. The molecule has 2 aromatic rings. The van der Waals surface area contributed by atoms with Crippen LogP contribution in [0.2, 0.25) is 0 Å². The molecule has 1 aromatic heterocycles. The van der Waals surface area contributed by atoms with Crippen LogP contribution >= 0.6 is 0 Å². The lowest BCUT2D eigenvalue weighted by atomic mass is 10.1. The highest BCUT2D eigenvalue weighted by molar-refractivity contribution is 5.58. The first kappa shape index (κ1) is 13.8. The first-order chi connectivity index (χ1) is 9.97. The Hall–Kier alpha value is -2.15. The van der Waals surface area contributed by atoms with Gasteiger partial charge >= 0.3 is 6.18 Å². The molecule has 1 fully saturated rings. The quantitative estimate of drug-likeness (QED) is 0.673. The maximum atomic E-state index is 12.6. The molecule has 1 saturated carbocycles. The van der Waals surface area contributed by atoms with Gasteiger partial charge in [0.2, 0.25) is 0 Å². The number of hydrazine groups is 1. The predicted molar refractivity (Wildman–Crippen MR) is 72.3 cm³/mol. The molecule has 0 saturated heterocycles. The lowest BCUT2D eigenvalue weighted by molar-refractivity contribution is -0.137. The molecular weight excluding hydrogens is 281 g/mol. The largest absolute Gasteiger partial charge is 0.416 e. The number of nitrogens with one attached hydrogen (secondary N) is 1. The number of nitrogens with two attached hydrogens (primary N) is 1. The second-order valence-corrected chi connectivity index (χ2v) is 5.00. The van der Waals surface area contributed by atoms with E-state index in [9.17, 15) is 13.2 Å². The van der Waals surface area contributed by atoms with E-state index >= 15 is 0 Å². The number of halogens is 3. The van der Waals surface area contributed by atoms with Crippen molar-refractivity contribution >= 4 is 5.82 Å².